The fourth-order valence-corrected chi connectivity index (χ4v) is 4.89. The van der Waals surface area contributed by atoms with E-state index < -0.39 is 16.1 Å². The summed E-state index contributed by atoms with van der Waals surface area (Å²) in [4.78, 5) is 3.49. The largest absolute Gasteiger partial charge is 0.361 e. The van der Waals surface area contributed by atoms with Gasteiger partial charge in [-0.25, -0.2) is 8.42 Å². The van der Waals surface area contributed by atoms with Gasteiger partial charge in [0.15, 0.2) is 0 Å². The van der Waals surface area contributed by atoms with Crippen molar-refractivity contribution in [2.24, 2.45) is 0 Å². The van der Waals surface area contributed by atoms with Crippen LogP contribution in [0.25, 0.3) is 10.9 Å². The van der Waals surface area contributed by atoms with Gasteiger partial charge in [-0.3, -0.25) is 0 Å². The Labute approximate surface area is 172 Å². The number of aryl methyl sites for hydroxylation is 1. The second-order valence-electron chi connectivity index (χ2n) is 6.71. The molecular weight excluding hydrogens is 436 g/mol. The fourth-order valence-electron chi connectivity index (χ4n) is 3.27. The first kappa shape index (κ1) is 18.9. The normalized spacial score (nSPS) is 12.9. The molecule has 3 aromatic carbocycles. The van der Waals surface area contributed by atoms with Crippen LogP contribution in [0.2, 0.25) is 0 Å². The van der Waals surface area contributed by atoms with Gasteiger partial charge in [-0.2, -0.15) is 4.72 Å². The molecule has 142 valence electrons. The lowest BCUT2D eigenvalue weighted by atomic mass is 9.99. The molecule has 4 aromatic rings. The van der Waals surface area contributed by atoms with E-state index in [0.717, 1.165) is 32.1 Å². The lowest BCUT2D eigenvalue weighted by molar-refractivity contribution is 0.572. The third-order valence-electron chi connectivity index (χ3n) is 4.72. The van der Waals surface area contributed by atoms with Gasteiger partial charge in [-0.1, -0.05) is 64.0 Å². The lowest BCUT2D eigenvalue weighted by Gasteiger charge is -2.20. The maximum absolute atomic E-state index is 13.1. The Morgan fingerprint density at radius 3 is 2.46 bits per heavy atom. The van der Waals surface area contributed by atoms with Gasteiger partial charge in [0.2, 0.25) is 10.0 Å². The van der Waals surface area contributed by atoms with Crippen LogP contribution < -0.4 is 4.72 Å². The molecule has 0 spiro atoms. The van der Waals surface area contributed by atoms with Crippen molar-refractivity contribution < 1.29 is 8.42 Å². The Kier molecular flexibility index (Phi) is 5.10. The maximum atomic E-state index is 13.1. The molecular formula is C22H19BrN2O2S. The molecule has 0 aliphatic carbocycles. The second-order valence-corrected chi connectivity index (χ2v) is 9.34. The Bertz CT molecular complexity index is 1230. The summed E-state index contributed by atoms with van der Waals surface area (Å²) in [5.41, 5.74) is 3.71. The Morgan fingerprint density at radius 1 is 0.964 bits per heavy atom. The van der Waals surface area contributed by atoms with Gasteiger partial charge < -0.3 is 4.98 Å². The van der Waals surface area contributed by atoms with Crippen LogP contribution in [0.3, 0.4) is 0 Å². The van der Waals surface area contributed by atoms with E-state index in [1.54, 1.807) is 24.3 Å². The summed E-state index contributed by atoms with van der Waals surface area (Å²) in [7, 11) is -3.71. The van der Waals surface area contributed by atoms with E-state index >= 15 is 0 Å². The van der Waals surface area contributed by atoms with E-state index in [1.165, 1.54) is 0 Å². The number of fused-ring (bicyclic) bond motifs is 1. The number of aromatic amines is 1. The van der Waals surface area contributed by atoms with Crippen LogP contribution in [0.1, 0.15) is 22.7 Å². The zero-order valence-corrected chi connectivity index (χ0v) is 17.6. The number of hydrogen-bond donors (Lipinski definition) is 2. The van der Waals surface area contributed by atoms with Crippen molar-refractivity contribution in [2.75, 3.05) is 0 Å². The molecule has 0 bridgehead atoms. The first-order chi connectivity index (χ1) is 13.4. The number of H-pyrrole nitrogens is 1. The number of rotatable bonds is 5. The summed E-state index contributed by atoms with van der Waals surface area (Å²) in [6.45, 7) is 1.93. The van der Waals surface area contributed by atoms with Crippen LogP contribution >= 0.6 is 15.9 Å². The number of halogens is 1. The average Bonchev–Trinajstić information content (AvgIpc) is 3.10. The molecule has 4 rings (SSSR count). The van der Waals surface area contributed by atoms with Crippen LogP contribution in [0, 0.1) is 6.92 Å². The molecule has 6 heteroatoms. The molecule has 0 radical (unpaired) electrons. The fraction of sp³-hybridized carbons (Fsp3) is 0.0909. The van der Waals surface area contributed by atoms with Gasteiger partial charge in [0.25, 0.3) is 0 Å². The second kappa shape index (κ2) is 7.54. The summed E-state index contributed by atoms with van der Waals surface area (Å²) in [5, 5.41) is 0.985. The number of para-hydroxylation sites is 1. The van der Waals surface area contributed by atoms with Gasteiger partial charge in [0.05, 0.1) is 10.9 Å². The highest BCUT2D eigenvalue weighted by Crippen LogP contribution is 2.31. The Balaban J connectivity index is 1.83. The first-order valence-corrected chi connectivity index (χ1v) is 11.1. The monoisotopic (exact) mass is 454 g/mol. The minimum Gasteiger partial charge on any atom is -0.361 e. The summed E-state index contributed by atoms with van der Waals surface area (Å²) >= 11 is 3.49. The quantitative estimate of drug-likeness (QED) is 0.429. The summed E-state index contributed by atoms with van der Waals surface area (Å²) in [5.74, 6) is 0. The molecule has 0 unspecified atom stereocenters. The molecule has 28 heavy (non-hydrogen) atoms. The minimum absolute atomic E-state index is 0.248. The van der Waals surface area contributed by atoms with Gasteiger partial charge in [-0.15, -0.1) is 0 Å². The molecule has 1 heterocycles. The molecule has 0 aliphatic heterocycles. The highest BCUT2D eigenvalue weighted by atomic mass is 79.9. The number of nitrogens with one attached hydrogen (secondary N) is 2. The van der Waals surface area contributed by atoms with E-state index in [2.05, 4.69) is 25.6 Å². The number of hydrogen-bond acceptors (Lipinski definition) is 2. The molecule has 0 aliphatic rings. The zero-order valence-electron chi connectivity index (χ0n) is 15.2. The van der Waals surface area contributed by atoms with Crippen molar-refractivity contribution >= 4 is 36.9 Å². The Morgan fingerprint density at radius 2 is 1.71 bits per heavy atom. The van der Waals surface area contributed by atoms with E-state index in [0.29, 0.717) is 0 Å². The SMILES string of the molecule is Cc1ccc(S(=O)(=O)N[C@@H](c2cccc(Br)c2)c2c[nH]c3ccccc23)cc1. The van der Waals surface area contributed by atoms with Crippen molar-refractivity contribution in [1.29, 1.82) is 0 Å². The van der Waals surface area contributed by atoms with Gasteiger partial charge in [0.1, 0.15) is 0 Å². The smallest absolute Gasteiger partial charge is 0.241 e. The van der Waals surface area contributed by atoms with Crippen LogP contribution in [0.15, 0.2) is 88.4 Å². The predicted octanol–water partition coefficient (Wildman–Crippen LogP) is 5.31. The molecule has 4 nitrogen and oxygen atoms in total. The zero-order chi connectivity index (χ0) is 19.7. The summed E-state index contributed by atoms with van der Waals surface area (Å²) in [6.07, 6.45) is 1.87. The molecule has 0 fully saturated rings. The van der Waals surface area contributed by atoms with E-state index in [9.17, 15) is 8.42 Å². The van der Waals surface area contributed by atoms with Crippen LogP contribution in [0.5, 0.6) is 0 Å². The first-order valence-electron chi connectivity index (χ1n) is 8.84. The molecule has 1 atom stereocenters. The van der Waals surface area contributed by atoms with E-state index in [-0.39, 0.29) is 4.90 Å². The van der Waals surface area contributed by atoms with E-state index in [4.69, 9.17) is 0 Å². The standard InChI is InChI=1S/C22H19BrN2O2S/c1-15-9-11-18(12-10-15)28(26,27)25-22(16-5-4-6-17(23)13-16)20-14-24-21-8-3-2-7-19(20)21/h2-14,22,24-25H,1H3/t22-/m0/s1. The van der Waals surface area contributed by atoms with Crippen molar-refractivity contribution in [1.82, 2.24) is 9.71 Å². The minimum atomic E-state index is -3.71. The molecule has 0 saturated carbocycles. The van der Waals surface area contributed by atoms with Crippen molar-refractivity contribution in [2.45, 2.75) is 17.9 Å². The lowest BCUT2D eigenvalue weighted by Crippen LogP contribution is -2.29. The highest BCUT2D eigenvalue weighted by molar-refractivity contribution is 9.10. The van der Waals surface area contributed by atoms with Gasteiger partial charge in [-0.05, 0) is 48.4 Å². The van der Waals surface area contributed by atoms with Crippen molar-refractivity contribution in [3.8, 4) is 0 Å². The van der Waals surface area contributed by atoms with Crippen molar-refractivity contribution in [3.05, 3.63) is 100 Å². The Hall–Kier alpha value is -2.41. The van der Waals surface area contributed by atoms with Gasteiger partial charge >= 0.3 is 0 Å². The predicted molar refractivity (Wildman–Crippen MR) is 116 cm³/mol. The molecule has 2 N–H and O–H groups in total. The summed E-state index contributed by atoms with van der Waals surface area (Å²) in [6, 6.07) is 21.9. The van der Waals surface area contributed by atoms with Crippen LogP contribution in [-0.2, 0) is 10.0 Å². The molecule has 0 amide bonds. The van der Waals surface area contributed by atoms with Gasteiger partial charge in [0, 0.05) is 21.6 Å². The van der Waals surface area contributed by atoms with Crippen LogP contribution in [-0.4, -0.2) is 13.4 Å². The third-order valence-corrected chi connectivity index (χ3v) is 6.65. The van der Waals surface area contributed by atoms with Crippen molar-refractivity contribution in [3.63, 3.8) is 0 Å². The number of aromatic nitrogens is 1. The molecule has 1 aromatic heterocycles. The topological polar surface area (TPSA) is 62.0 Å². The third kappa shape index (κ3) is 3.76. The summed E-state index contributed by atoms with van der Waals surface area (Å²) < 4.78 is 30.0. The number of benzene rings is 3. The number of sulfonamides is 1. The average molecular weight is 455 g/mol. The highest BCUT2D eigenvalue weighted by Gasteiger charge is 2.25. The molecule has 0 saturated heterocycles. The maximum Gasteiger partial charge on any atom is 0.241 e. The van der Waals surface area contributed by atoms with Crippen LogP contribution in [0.4, 0.5) is 0 Å². The van der Waals surface area contributed by atoms with E-state index in [1.807, 2.05) is 61.7 Å².